The van der Waals surface area contributed by atoms with Gasteiger partial charge in [0, 0.05) is 18.7 Å². The highest BCUT2D eigenvalue weighted by Crippen LogP contribution is 2.05. The molecule has 3 N–H and O–H groups in total. The Morgan fingerprint density at radius 3 is 2.83 bits per heavy atom. The van der Waals surface area contributed by atoms with Crippen molar-refractivity contribution in [1.82, 2.24) is 9.78 Å². The molecule has 4 nitrogen and oxygen atoms in total. The van der Waals surface area contributed by atoms with Gasteiger partial charge in [0.15, 0.2) is 0 Å². The van der Waals surface area contributed by atoms with Crippen molar-refractivity contribution in [2.24, 2.45) is 5.73 Å². The molecule has 0 aromatic carbocycles. The van der Waals surface area contributed by atoms with Crippen LogP contribution in [0.2, 0.25) is 0 Å². The standard InChI is InChI=1S/C8H14N4/c1-6(2)12-5-7(4-11-12)3-8(9)10/h4-6H,3H2,1-2H3,(H3,9,10). The molecule has 12 heavy (non-hydrogen) atoms. The second kappa shape index (κ2) is 3.38. The molecule has 0 spiro atoms. The Kier molecular flexibility index (Phi) is 2.47. The summed E-state index contributed by atoms with van der Waals surface area (Å²) in [4.78, 5) is 0. The lowest BCUT2D eigenvalue weighted by Gasteiger charge is -2.02. The lowest BCUT2D eigenvalue weighted by atomic mass is 10.2. The molecule has 1 rings (SSSR count). The van der Waals surface area contributed by atoms with Crippen molar-refractivity contribution in [3.8, 4) is 0 Å². The van der Waals surface area contributed by atoms with Gasteiger partial charge in [0.05, 0.1) is 12.0 Å². The number of nitrogens with one attached hydrogen (secondary N) is 1. The summed E-state index contributed by atoms with van der Waals surface area (Å²) in [5.41, 5.74) is 6.25. The van der Waals surface area contributed by atoms with Crippen molar-refractivity contribution in [3.05, 3.63) is 18.0 Å². The molecule has 0 amide bonds. The fraction of sp³-hybridized carbons (Fsp3) is 0.500. The average Bonchev–Trinajstić information content (AvgIpc) is 2.34. The van der Waals surface area contributed by atoms with Crippen LogP contribution in [-0.4, -0.2) is 15.6 Å². The summed E-state index contributed by atoms with van der Waals surface area (Å²) in [6.07, 6.45) is 4.17. The first kappa shape index (κ1) is 8.77. The Balaban J connectivity index is 2.70. The van der Waals surface area contributed by atoms with Gasteiger partial charge in [-0.25, -0.2) is 0 Å². The normalized spacial score (nSPS) is 10.6. The first-order valence-electron chi connectivity index (χ1n) is 3.95. The molecule has 0 fully saturated rings. The number of aromatic nitrogens is 2. The highest BCUT2D eigenvalue weighted by Gasteiger charge is 2.01. The highest BCUT2D eigenvalue weighted by molar-refractivity contribution is 5.79. The average molecular weight is 166 g/mol. The van der Waals surface area contributed by atoms with E-state index in [1.165, 1.54) is 0 Å². The third kappa shape index (κ3) is 2.08. The molecule has 0 aliphatic heterocycles. The zero-order valence-corrected chi connectivity index (χ0v) is 7.41. The van der Waals surface area contributed by atoms with Crippen molar-refractivity contribution in [3.63, 3.8) is 0 Å². The van der Waals surface area contributed by atoms with Crippen molar-refractivity contribution >= 4 is 5.84 Å². The van der Waals surface area contributed by atoms with E-state index in [2.05, 4.69) is 18.9 Å². The zero-order valence-electron chi connectivity index (χ0n) is 7.41. The summed E-state index contributed by atoms with van der Waals surface area (Å²) in [6, 6.07) is 0.366. The molecule has 0 radical (unpaired) electrons. The van der Waals surface area contributed by atoms with Crippen LogP contribution in [0.4, 0.5) is 0 Å². The number of rotatable bonds is 3. The van der Waals surface area contributed by atoms with Crippen molar-refractivity contribution in [1.29, 1.82) is 5.41 Å². The molecule has 0 atom stereocenters. The van der Waals surface area contributed by atoms with E-state index in [4.69, 9.17) is 11.1 Å². The smallest absolute Gasteiger partial charge is 0.0951 e. The van der Waals surface area contributed by atoms with Crippen molar-refractivity contribution in [2.75, 3.05) is 0 Å². The minimum absolute atomic E-state index is 0.179. The van der Waals surface area contributed by atoms with Crippen molar-refractivity contribution in [2.45, 2.75) is 26.3 Å². The first-order valence-corrected chi connectivity index (χ1v) is 3.95. The van der Waals surface area contributed by atoms with E-state index >= 15 is 0 Å². The molecule has 0 saturated carbocycles. The van der Waals surface area contributed by atoms with Gasteiger partial charge >= 0.3 is 0 Å². The lowest BCUT2D eigenvalue weighted by Crippen LogP contribution is -2.12. The van der Waals surface area contributed by atoms with Gasteiger partial charge in [-0.1, -0.05) is 0 Å². The second-order valence-electron chi connectivity index (χ2n) is 3.12. The number of hydrogen-bond acceptors (Lipinski definition) is 2. The Morgan fingerprint density at radius 1 is 1.75 bits per heavy atom. The SMILES string of the molecule is CC(C)n1cc(CC(=N)N)cn1. The maximum Gasteiger partial charge on any atom is 0.0951 e. The predicted octanol–water partition coefficient (Wildman–Crippen LogP) is 0.942. The van der Waals surface area contributed by atoms with Crippen LogP contribution in [0, 0.1) is 5.41 Å². The second-order valence-corrected chi connectivity index (χ2v) is 3.12. The molecule has 0 bridgehead atoms. The molecule has 4 heteroatoms. The van der Waals surface area contributed by atoms with E-state index in [1.807, 2.05) is 10.9 Å². The minimum Gasteiger partial charge on any atom is -0.387 e. The Morgan fingerprint density at radius 2 is 2.42 bits per heavy atom. The van der Waals surface area contributed by atoms with Gasteiger partial charge in [-0.3, -0.25) is 10.1 Å². The molecule has 1 aromatic rings. The largest absolute Gasteiger partial charge is 0.387 e. The fourth-order valence-electron chi connectivity index (χ4n) is 0.971. The quantitative estimate of drug-likeness (QED) is 0.518. The van der Waals surface area contributed by atoms with Crippen LogP contribution >= 0.6 is 0 Å². The summed E-state index contributed by atoms with van der Waals surface area (Å²) in [7, 11) is 0. The monoisotopic (exact) mass is 166 g/mol. The van der Waals surface area contributed by atoms with Gasteiger partial charge in [0.1, 0.15) is 0 Å². The minimum atomic E-state index is 0.179. The van der Waals surface area contributed by atoms with Crippen LogP contribution in [0.15, 0.2) is 12.4 Å². The lowest BCUT2D eigenvalue weighted by molar-refractivity contribution is 0.532. The summed E-state index contributed by atoms with van der Waals surface area (Å²) in [5, 5.41) is 11.2. The van der Waals surface area contributed by atoms with Crippen LogP contribution in [-0.2, 0) is 6.42 Å². The number of nitrogens with two attached hydrogens (primary N) is 1. The maximum atomic E-state index is 7.09. The number of amidine groups is 1. The summed E-state index contributed by atoms with van der Waals surface area (Å²) < 4.78 is 1.86. The third-order valence-corrected chi connectivity index (χ3v) is 1.58. The third-order valence-electron chi connectivity index (χ3n) is 1.58. The van der Waals surface area contributed by atoms with E-state index < -0.39 is 0 Å². The van der Waals surface area contributed by atoms with E-state index in [1.54, 1.807) is 6.20 Å². The molecule has 66 valence electrons. The molecule has 0 unspecified atom stereocenters. The van der Waals surface area contributed by atoms with Gasteiger partial charge in [0.25, 0.3) is 0 Å². The van der Waals surface area contributed by atoms with Crippen LogP contribution in [0.1, 0.15) is 25.5 Å². The molecule has 0 aliphatic carbocycles. The Bertz CT molecular complexity index is 274. The first-order chi connectivity index (χ1) is 5.59. The molecule has 1 heterocycles. The molecule has 0 saturated heterocycles. The van der Waals surface area contributed by atoms with E-state index in [9.17, 15) is 0 Å². The van der Waals surface area contributed by atoms with E-state index in [-0.39, 0.29) is 5.84 Å². The van der Waals surface area contributed by atoms with Crippen LogP contribution < -0.4 is 5.73 Å². The van der Waals surface area contributed by atoms with Crippen LogP contribution in [0.5, 0.6) is 0 Å². The van der Waals surface area contributed by atoms with Gasteiger partial charge in [-0.2, -0.15) is 5.10 Å². The topological polar surface area (TPSA) is 67.7 Å². The van der Waals surface area contributed by atoms with Gasteiger partial charge in [-0.15, -0.1) is 0 Å². The van der Waals surface area contributed by atoms with Crippen molar-refractivity contribution < 1.29 is 0 Å². The van der Waals surface area contributed by atoms with Gasteiger partial charge in [-0.05, 0) is 19.4 Å². The molecular formula is C8H14N4. The summed E-state index contributed by atoms with van der Waals surface area (Å²) >= 11 is 0. The zero-order chi connectivity index (χ0) is 9.14. The maximum absolute atomic E-state index is 7.09. The molecular weight excluding hydrogens is 152 g/mol. The fourth-order valence-corrected chi connectivity index (χ4v) is 0.971. The molecule has 1 aromatic heterocycles. The van der Waals surface area contributed by atoms with Gasteiger partial charge < -0.3 is 5.73 Å². The summed E-state index contributed by atoms with van der Waals surface area (Å²) in [5.74, 6) is 0.179. The number of nitrogens with zero attached hydrogens (tertiary/aromatic N) is 2. The van der Waals surface area contributed by atoms with Gasteiger partial charge in [0.2, 0.25) is 0 Å². The Hall–Kier alpha value is -1.32. The predicted molar refractivity (Wildman–Crippen MR) is 48.2 cm³/mol. The molecule has 0 aliphatic rings. The van der Waals surface area contributed by atoms with Crippen LogP contribution in [0.25, 0.3) is 0 Å². The van der Waals surface area contributed by atoms with E-state index in [0.29, 0.717) is 12.5 Å². The summed E-state index contributed by atoms with van der Waals surface area (Å²) in [6.45, 7) is 4.12. The van der Waals surface area contributed by atoms with Crippen LogP contribution in [0.3, 0.4) is 0 Å². The number of hydrogen-bond donors (Lipinski definition) is 2. The van der Waals surface area contributed by atoms with E-state index in [0.717, 1.165) is 5.56 Å². The highest BCUT2D eigenvalue weighted by atomic mass is 15.3. The Labute approximate surface area is 71.9 Å².